The van der Waals surface area contributed by atoms with Crippen LogP contribution < -0.4 is 0 Å². The standard InChI is InChI=1S/C8H7NO4/c1-2-5-3-4-6(9(12)13)8(11)7(5)10/h2-4,10-11H,1H2. The number of hydrogen-bond acceptors (Lipinski definition) is 4. The first-order valence-corrected chi connectivity index (χ1v) is 3.39. The van der Waals surface area contributed by atoms with Gasteiger partial charge >= 0.3 is 5.69 Å². The molecule has 13 heavy (non-hydrogen) atoms. The van der Waals surface area contributed by atoms with Crippen molar-refractivity contribution < 1.29 is 15.1 Å². The van der Waals surface area contributed by atoms with Gasteiger partial charge in [-0.1, -0.05) is 12.7 Å². The maximum Gasteiger partial charge on any atom is 0.314 e. The molecule has 0 aliphatic carbocycles. The Kier molecular flexibility index (Phi) is 2.19. The van der Waals surface area contributed by atoms with Gasteiger partial charge < -0.3 is 10.2 Å². The summed E-state index contributed by atoms with van der Waals surface area (Å²) in [5.41, 5.74) is -0.272. The van der Waals surface area contributed by atoms with Gasteiger partial charge in [0, 0.05) is 11.6 Å². The van der Waals surface area contributed by atoms with Crippen molar-refractivity contribution in [2.75, 3.05) is 0 Å². The molecule has 5 heteroatoms. The zero-order valence-electron chi connectivity index (χ0n) is 6.60. The minimum atomic E-state index is -0.776. The van der Waals surface area contributed by atoms with E-state index < -0.39 is 22.1 Å². The first-order chi connectivity index (χ1) is 6.07. The van der Waals surface area contributed by atoms with Gasteiger partial charge in [0.1, 0.15) is 0 Å². The van der Waals surface area contributed by atoms with E-state index in [0.717, 1.165) is 6.07 Å². The van der Waals surface area contributed by atoms with E-state index in [2.05, 4.69) is 6.58 Å². The number of phenols is 2. The Balaban J connectivity index is 3.39. The van der Waals surface area contributed by atoms with Gasteiger partial charge in [-0.05, 0) is 6.07 Å². The molecular formula is C8H7NO4. The second-order valence-corrected chi connectivity index (χ2v) is 2.33. The maximum absolute atomic E-state index is 10.3. The fourth-order valence-corrected chi connectivity index (χ4v) is 0.897. The summed E-state index contributed by atoms with van der Waals surface area (Å²) in [6, 6.07) is 2.41. The lowest BCUT2D eigenvalue weighted by molar-refractivity contribution is -0.386. The fraction of sp³-hybridized carbons (Fsp3) is 0. The van der Waals surface area contributed by atoms with E-state index in [-0.39, 0.29) is 5.56 Å². The summed E-state index contributed by atoms with van der Waals surface area (Å²) in [5, 5.41) is 28.6. The summed E-state index contributed by atoms with van der Waals surface area (Å²) in [7, 11) is 0. The molecule has 1 aromatic carbocycles. The summed E-state index contributed by atoms with van der Waals surface area (Å²) in [5.74, 6) is -1.26. The molecule has 0 fully saturated rings. The van der Waals surface area contributed by atoms with E-state index in [1.165, 1.54) is 12.1 Å². The molecule has 2 N–H and O–H groups in total. The van der Waals surface area contributed by atoms with E-state index in [4.69, 9.17) is 5.11 Å². The minimum absolute atomic E-state index is 0.253. The molecule has 0 bridgehead atoms. The number of hydrogen-bond donors (Lipinski definition) is 2. The SMILES string of the molecule is C=Cc1ccc([N+](=O)[O-])c(O)c1O. The van der Waals surface area contributed by atoms with E-state index >= 15 is 0 Å². The zero-order valence-corrected chi connectivity index (χ0v) is 6.60. The number of nitro groups is 1. The molecule has 1 aromatic rings. The van der Waals surface area contributed by atoms with Crippen LogP contribution in [-0.4, -0.2) is 15.1 Å². The Hall–Kier alpha value is -2.04. The van der Waals surface area contributed by atoms with E-state index in [1.54, 1.807) is 0 Å². The van der Waals surface area contributed by atoms with Gasteiger partial charge in [-0.25, -0.2) is 0 Å². The largest absolute Gasteiger partial charge is 0.504 e. The first-order valence-electron chi connectivity index (χ1n) is 3.39. The van der Waals surface area contributed by atoms with Crippen LogP contribution in [0.3, 0.4) is 0 Å². The smallest absolute Gasteiger partial charge is 0.314 e. The van der Waals surface area contributed by atoms with E-state index in [0.29, 0.717) is 0 Å². The highest BCUT2D eigenvalue weighted by Crippen LogP contribution is 2.37. The minimum Gasteiger partial charge on any atom is -0.504 e. The number of rotatable bonds is 2. The molecule has 0 saturated heterocycles. The fourth-order valence-electron chi connectivity index (χ4n) is 0.897. The molecule has 0 aliphatic heterocycles. The van der Waals surface area contributed by atoms with Crippen molar-refractivity contribution in [2.45, 2.75) is 0 Å². The lowest BCUT2D eigenvalue weighted by Gasteiger charge is -2.01. The first kappa shape index (κ1) is 9.05. The molecule has 0 spiro atoms. The van der Waals surface area contributed by atoms with Crippen LogP contribution in [0.2, 0.25) is 0 Å². The number of benzene rings is 1. The Morgan fingerprint density at radius 3 is 2.46 bits per heavy atom. The molecule has 0 amide bonds. The molecule has 1 rings (SSSR count). The van der Waals surface area contributed by atoms with E-state index in [1.807, 2.05) is 0 Å². The zero-order chi connectivity index (χ0) is 10.0. The summed E-state index contributed by atoms with van der Waals surface area (Å²) in [6.45, 7) is 3.37. The Morgan fingerprint density at radius 1 is 1.38 bits per heavy atom. The summed E-state index contributed by atoms with van der Waals surface area (Å²) in [6.07, 6.45) is 1.29. The molecule has 0 saturated carbocycles. The Bertz CT molecular complexity index is 373. The molecule has 0 unspecified atom stereocenters. The van der Waals surface area contributed by atoms with E-state index in [9.17, 15) is 15.2 Å². The molecular weight excluding hydrogens is 174 g/mol. The van der Waals surface area contributed by atoms with Crippen molar-refractivity contribution >= 4 is 11.8 Å². The number of nitro benzene ring substituents is 1. The average Bonchev–Trinajstić information content (AvgIpc) is 2.09. The molecule has 0 aromatic heterocycles. The van der Waals surface area contributed by atoms with Crippen molar-refractivity contribution in [1.82, 2.24) is 0 Å². The van der Waals surface area contributed by atoms with Gasteiger partial charge in [0.2, 0.25) is 5.75 Å². The normalized spacial score (nSPS) is 9.54. The highest BCUT2D eigenvalue weighted by Gasteiger charge is 2.18. The van der Waals surface area contributed by atoms with Crippen LogP contribution in [0.1, 0.15) is 5.56 Å². The predicted octanol–water partition coefficient (Wildman–Crippen LogP) is 1.65. The van der Waals surface area contributed by atoms with Gasteiger partial charge in [-0.2, -0.15) is 0 Å². The van der Waals surface area contributed by atoms with Crippen LogP contribution in [0.5, 0.6) is 11.5 Å². The third-order valence-electron chi connectivity index (χ3n) is 1.58. The quantitative estimate of drug-likeness (QED) is 0.412. The van der Waals surface area contributed by atoms with Gasteiger partial charge in [0.05, 0.1) is 4.92 Å². The lowest BCUT2D eigenvalue weighted by atomic mass is 10.1. The predicted molar refractivity (Wildman–Crippen MR) is 46.5 cm³/mol. The summed E-state index contributed by atoms with van der Waals surface area (Å²) < 4.78 is 0. The van der Waals surface area contributed by atoms with Crippen molar-refractivity contribution in [3.05, 3.63) is 34.4 Å². The highest BCUT2D eigenvalue weighted by molar-refractivity contribution is 5.66. The van der Waals surface area contributed by atoms with Crippen LogP contribution in [0, 0.1) is 10.1 Å². The molecule has 0 radical (unpaired) electrons. The maximum atomic E-state index is 10.3. The monoisotopic (exact) mass is 181 g/mol. The highest BCUT2D eigenvalue weighted by atomic mass is 16.6. The van der Waals surface area contributed by atoms with Crippen LogP contribution in [-0.2, 0) is 0 Å². The molecule has 0 atom stereocenters. The number of nitrogens with zero attached hydrogens (tertiary/aromatic N) is 1. The van der Waals surface area contributed by atoms with Crippen molar-refractivity contribution in [1.29, 1.82) is 0 Å². The number of phenolic OH excluding ortho intramolecular Hbond substituents is 2. The van der Waals surface area contributed by atoms with Gasteiger partial charge in [-0.15, -0.1) is 0 Å². The van der Waals surface area contributed by atoms with Crippen molar-refractivity contribution in [2.24, 2.45) is 0 Å². The van der Waals surface area contributed by atoms with Gasteiger partial charge in [0.15, 0.2) is 5.75 Å². The second-order valence-electron chi connectivity index (χ2n) is 2.33. The van der Waals surface area contributed by atoms with Crippen molar-refractivity contribution in [3.63, 3.8) is 0 Å². The number of aromatic hydroxyl groups is 2. The second kappa shape index (κ2) is 3.14. The van der Waals surface area contributed by atoms with Crippen LogP contribution in [0.15, 0.2) is 18.7 Å². The summed E-state index contributed by atoms with van der Waals surface area (Å²) >= 11 is 0. The van der Waals surface area contributed by atoms with Gasteiger partial charge in [-0.3, -0.25) is 10.1 Å². The molecule has 0 heterocycles. The van der Waals surface area contributed by atoms with Crippen LogP contribution in [0.25, 0.3) is 6.08 Å². The average molecular weight is 181 g/mol. The summed E-state index contributed by atoms with van der Waals surface area (Å²) in [4.78, 5) is 9.51. The topological polar surface area (TPSA) is 83.6 Å². The van der Waals surface area contributed by atoms with Gasteiger partial charge in [0.25, 0.3) is 0 Å². The Morgan fingerprint density at radius 2 is 2.00 bits per heavy atom. The lowest BCUT2D eigenvalue weighted by Crippen LogP contribution is -1.89. The molecule has 0 aliphatic rings. The molecule has 5 nitrogen and oxygen atoms in total. The molecule has 68 valence electrons. The van der Waals surface area contributed by atoms with Crippen LogP contribution >= 0.6 is 0 Å². The Labute approximate surface area is 73.7 Å². The third kappa shape index (κ3) is 1.44. The third-order valence-corrected chi connectivity index (χ3v) is 1.58. The van der Waals surface area contributed by atoms with Crippen LogP contribution in [0.4, 0.5) is 5.69 Å². The van der Waals surface area contributed by atoms with Crippen molar-refractivity contribution in [3.8, 4) is 11.5 Å².